The Bertz CT molecular complexity index is 631. The van der Waals surface area contributed by atoms with E-state index in [-0.39, 0.29) is 0 Å². The smallest absolute Gasteiger partial charge is 0.191 e. The van der Waals surface area contributed by atoms with Gasteiger partial charge in [-0.25, -0.2) is 0 Å². The van der Waals surface area contributed by atoms with Gasteiger partial charge in [-0.05, 0) is 35.7 Å². The van der Waals surface area contributed by atoms with Gasteiger partial charge >= 0.3 is 0 Å². The zero-order valence-corrected chi connectivity index (χ0v) is 14.6. The first-order valence-corrected chi connectivity index (χ1v) is 9.06. The summed E-state index contributed by atoms with van der Waals surface area (Å²) < 4.78 is 0. The van der Waals surface area contributed by atoms with Crippen LogP contribution < -0.4 is 10.6 Å². The molecule has 1 aliphatic heterocycles. The lowest BCUT2D eigenvalue weighted by molar-refractivity contribution is 0.381. The molecule has 0 atom stereocenters. The van der Waals surface area contributed by atoms with Crippen molar-refractivity contribution in [3.8, 4) is 0 Å². The second-order valence-corrected chi connectivity index (χ2v) is 6.99. The number of thiophene rings is 1. The summed E-state index contributed by atoms with van der Waals surface area (Å²) in [6, 6.07) is 12.2. The van der Waals surface area contributed by atoms with Crippen LogP contribution in [0.25, 0.3) is 0 Å². The molecule has 23 heavy (non-hydrogen) atoms. The van der Waals surface area contributed by atoms with Crippen LogP contribution in [0.2, 0.25) is 5.02 Å². The lowest BCUT2D eigenvalue weighted by Crippen LogP contribution is -2.51. The first-order chi connectivity index (χ1) is 11.2. The number of benzene rings is 1. The molecule has 122 valence electrons. The van der Waals surface area contributed by atoms with E-state index in [1.807, 2.05) is 12.1 Å². The topological polar surface area (TPSA) is 44.9 Å². The fraction of sp³-hybridized carbons (Fsp3) is 0.353. The molecule has 0 saturated carbocycles. The number of hydrogen-bond donors (Lipinski definition) is 1. The zero-order chi connectivity index (χ0) is 16.1. The Labute approximate surface area is 146 Å². The Morgan fingerprint density at radius 3 is 2.52 bits per heavy atom. The molecule has 0 radical (unpaired) electrons. The van der Waals surface area contributed by atoms with Crippen LogP contribution >= 0.6 is 22.9 Å². The highest BCUT2D eigenvalue weighted by molar-refractivity contribution is 7.09. The Kier molecular flexibility index (Phi) is 5.41. The van der Waals surface area contributed by atoms with Crippen LogP contribution in [0.1, 0.15) is 4.88 Å². The molecule has 2 aromatic rings. The summed E-state index contributed by atoms with van der Waals surface area (Å²) in [4.78, 5) is 10.4. The normalized spacial score (nSPS) is 16.0. The van der Waals surface area contributed by atoms with Gasteiger partial charge in [0, 0.05) is 54.7 Å². The summed E-state index contributed by atoms with van der Waals surface area (Å²) in [7, 11) is 0. The third kappa shape index (κ3) is 4.39. The van der Waals surface area contributed by atoms with Crippen molar-refractivity contribution in [3.63, 3.8) is 0 Å². The van der Waals surface area contributed by atoms with E-state index in [1.54, 1.807) is 11.3 Å². The third-order valence-electron chi connectivity index (χ3n) is 4.01. The minimum absolute atomic E-state index is 0.664. The monoisotopic (exact) mass is 348 g/mol. The van der Waals surface area contributed by atoms with Gasteiger partial charge in [0.1, 0.15) is 0 Å². The van der Waals surface area contributed by atoms with E-state index in [2.05, 4.69) is 44.4 Å². The van der Waals surface area contributed by atoms with Gasteiger partial charge in [0.15, 0.2) is 5.96 Å². The Hall–Kier alpha value is -1.72. The van der Waals surface area contributed by atoms with Crippen LogP contribution in [0.3, 0.4) is 0 Å². The van der Waals surface area contributed by atoms with E-state index in [1.165, 1.54) is 10.6 Å². The lowest BCUT2D eigenvalue weighted by Gasteiger charge is -2.36. The number of guanidine groups is 1. The standard InChI is InChI=1S/C17H21ClN4S/c18-14-3-5-15(6-4-14)21-9-11-22(12-10-21)17(19)20-8-7-16-2-1-13-23-16/h1-6,13H,7-12H2,(H2,19,20). The number of aliphatic imine (C=N–C) groups is 1. The molecule has 0 bridgehead atoms. The first kappa shape index (κ1) is 16.1. The number of halogens is 1. The molecular weight excluding hydrogens is 328 g/mol. The molecular formula is C17H21ClN4S. The summed E-state index contributed by atoms with van der Waals surface area (Å²) in [5.41, 5.74) is 7.35. The highest BCUT2D eigenvalue weighted by Crippen LogP contribution is 2.19. The van der Waals surface area contributed by atoms with E-state index in [9.17, 15) is 0 Å². The molecule has 2 heterocycles. The summed E-state index contributed by atoms with van der Waals surface area (Å²) in [6.07, 6.45) is 0.961. The molecule has 1 saturated heterocycles. The molecule has 1 fully saturated rings. The fourth-order valence-electron chi connectivity index (χ4n) is 2.68. The van der Waals surface area contributed by atoms with Crippen molar-refractivity contribution < 1.29 is 0 Å². The SMILES string of the molecule is NC(=NCCc1cccs1)N1CCN(c2ccc(Cl)cc2)CC1. The molecule has 3 rings (SSSR count). The van der Waals surface area contributed by atoms with Gasteiger partial charge in [0.25, 0.3) is 0 Å². The Morgan fingerprint density at radius 2 is 1.87 bits per heavy atom. The predicted molar refractivity (Wildman–Crippen MR) is 99.8 cm³/mol. The van der Waals surface area contributed by atoms with Gasteiger partial charge < -0.3 is 15.5 Å². The van der Waals surface area contributed by atoms with Crippen LogP contribution in [0.15, 0.2) is 46.8 Å². The molecule has 0 unspecified atom stereocenters. The molecule has 6 heteroatoms. The van der Waals surface area contributed by atoms with Crippen LogP contribution in [0.4, 0.5) is 5.69 Å². The van der Waals surface area contributed by atoms with Gasteiger partial charge in [0.2, 0.25) is 0 Å². The third-order valence-corrected chi connectivity index (χ3v) is 5.20. The molecule has 0 amide bonds. The number of nitrogens with two attached hydrogens (primary N) is 1. The van der Waals surface area contributed by atoms with Crippen LogP contribution in [0, 0.1) is 0 Å². The maximum Gasteiger partial charge on any atom is 0.191 e. The van der Waals surface area contributed by atoms with Crippen molar-refractivity contribution >= 4 is 34.6 Å². The van der Waals surface area contributed by atoms with Crippen molar-refractivity contribution in [1.82, 2.24) is 4.90 Å². The minimum Gasteiger partial charge on any atom is -0.370 e. The van der Waals surface area contributed by atoms with Crippen molar-refractivity contribution in [3.05, 3.63) is 51.7 Å². The average molecular weight is 349 g/mol. The molecule has 1 aromatic carbocycles. The van der Waals surface area contributed by atoms with E-state index >= 15 is 0 Å². The minimum atomic E-state index is 0.664. The second-order valence-electron chi connectivity index (χ2n) is 5.52. The van der Waals surface area contributed by atoms with Crippen molar-refractivity contribution in [2.24, 2.45) is 10.7 Å². The lowest BCUT2D eigenvalue weighted by atomic mass is 10.2. The van der Waals surface area contributed by atoms with Gasteiger partial charge in [-0.15, -0.1) is 11.3 Å². The van der Waals surface area contributed by atoms with E-state index in [4.69, 9.17) is 17.3 Å². The van der Waals surface area contributed by atoms with Gasteiger partial charge in [0.05, 0.1) is 0 Å². The molecule has 2 N–H and O–H groups in total. The largest absolute Gasteiger partial charge is 0.370 e. The number of anilines is 1. The summed E-state index contributed by atoms with van der Waals surface area (Å²) in [6.45, 7) is 4.45. The maximum atomic E-state index is 6.14. The van der Waals surface area contributed by atoms with E-state index in [0.717, 1.165) is 44.2 Å². The number of hydrogen-bond acceptors (Lipinski definition) is 3. The van der Waals surface area contributed by atoms with Crippen LogP contribution in [-0.4, -0.2) is 43.6 Å². The summed E-state index contributed by atoms with van der Waals surface area (Å²) in [5, 5.41) is 2.87. The van der Waals surface area contributed by atoms with Crippen molar-refractivity contribution in [2.45, 2.75) is 6.42 Å². The molecule has 0 aliphatic carbocycles. The zero-order valence-electron chi connectivity index (χ0n) is 13.0. The van der Waals surface area contributed by atoms with Gasteiger partial charge in [-0.2, -0.15) is 0 Å². The first-order valence-electron chi connectivity index (χ1n) is 7.80. The van der Waals surface area contributed by atoms with Gasteiger partial charge in [-0.1, -0.05) is 17.7 Å². The molecule has 4 nitrogen and oxygen atoms in total. The molecule has 0 spiro atoms. The Morgan fingerprint density at radius 1 is 1.13 bits per heavy atom. The summed E-state index contributed by atoms with van der Waals surface area (Å²) in [5.74, 6) is 0.664. The number of piperazine rings is 1. The highest BCUT2D eigenvalue weighted by Gasteiger charge is 2.18. The second kappa shape index (κ2) is 7.70. The van der Waals surface area contributed by atoms with E-state index in [0.29, 0.717) is 5.96 Å². The Balaban J connectivity index is 1.48. The number of nitrogens with zero attached hydrogens (tertiary/aromatic N) is 3. The number of rotatable bonds is 4. The van der Waals surface area contributed by atoms with Crippen molar-refractivity contribution in [1.29, 1.82) is 0 Å². The summed E-state index contributed by atoms with van der Waals surface area (Å²) >= 11 is 7.71. The quantitative estimate of drug-likeness (QED) is 0.682. The maximum absolute atomic E-state index is 6.14. The van der Waals surface area contributed by atoms with E-state index < -0.39 is 0 Å². The van der Waals surface area contributed by atoms with Crippen molar-refractivity contribution in [2.75, 3.05) is 37.6 Å². The predicted octanol–water partition coefficient (Wildman–Crippen LogP) is 3.08. The van der Waals surface area contributed by atoms with Crippen LogP contribution in [-0.2, 0) is 6.42 Å². The fourth-order valence-corrected chi connectivity index (χ4v) is 3.51. The average Bonchev–Trinajstić information content (AvgIpc) is 3.09. The highest BCUT2D eigenvalue weighted by atomic mass is 35.5. The van der Waals surface area contributed by atoms with Gasteiger partial charge in [-0.3, -0.25) is 4.99 Å². The molecule has 1 aliphatic rings. The molecule has 1 aromatic heterocycles. The van der Waals surface area contributed by atoms with Crippen LogP contribution in [0.5, 0.6) is 0 Å².